The van der Waals surface area contributed by atoms with E-state index in [1.54, 1.807) is 6.07 Å². The summed E-state index contributed by atoms with van der Waals surface area (Å²) in [6, 6.07) is 24.6. The number of nitro groups is 1. The first-order valence-electron chi connectivity index (χ1n) is 12.8. The molecular weight excluding hydrogens is 776 g/mol. The van der Waals surface area contributed by atoms with Crippen molar-refractivity contribution in [2.24, 2.45) is 0 Å². The van der Waals surface area contributed by atoms with Crippen molar-refractivity contribution in [3.63, 3.8) is 0 Å². The number of halogens is 2. The molecule has 0 aliphatic carbocycles. The van der Waals surface area contributed by atoms with Crippen LogP contribution in [0.2, 0.25) is 0 Å². The standard InChI is InChI=1S/C28H21I2N11O2/c1-16-13-18(29)7-10-23(16)39(25-6-4-3-5-21(25)27-31-35-36-32-27)40(24-11-8-19(30)14-17(24)2)26-12-9-20(41(42)43)15-22(26)28-33-37-38-34-28/h3-15H,1-2H3,(H,31,32,35,36)(H,33,34,37,38). The minimum atomic E-state index is -0.444. The number of H-pyrrole nitrogens is 2. The van der Waals surface area contributed by atoms with Crippen molar-refractivity contribution >= 4 is 73.6 Å². The Bertz CT molecular complexity index is 1930. The number of nitrogens with one attached hydrogen (secondary N) is 2. The SMILES string of the molecule is Cc1cc(I)ccc1N(c1ccccc1-c1nn[nH]n1)N(c1ccc(I)cc1C)c1ccc([N+](=O)[O-])cc1-c1nn[nH]n1. The summed E-state index contributed by atoms with van der Waals surface area (Å²) in [6.45, 7) is 4.06. The van der Waals surface area contributed by atoms with Gasteiger partial charge in [-0.2, -0.15) is 10.4 Å². The van der Waals surface area contributed by atoms with E-state index in [1.807, 2.05) is 67.4 Å². The maximum atomic E-state index is 11.9. The first kappa shape index (κ1) is 28.6. The third-order valence-electron chi connectivity index (χ3n) is 6.70. The summed E-state index contributed by atoms with van der Waals surface area (Å²) in [6.07, 6.45) is 0. The molecule has 2 aromatic heterocycles. The van der Waals surface area contributed by atoms with E-state index in [4.69, 9.17) is 0 Å². The molecule has 214 valence electrons. The Morgan fingerprint density at radius 2 is 1.19 bits per heavy atom. The second-order valence-electron chi connectivity index (χ2n) is 9.43. The van der Waals surface area contributed by atoms with Crippen molar-refractivity contribution in [3.05, 3.63) is 107 Å². The summed E-state index contributed by atoms with van der Waals surface area (Å²) >= 11 is 4.57. The summed E-state index contributed by atoms with van der Waals surface area (Å²) in [7, 11) is 0. The van der Waals surface area contributed by atoms with Crippen LogP contribution in [0.3, 0.4) is 0 Å². The molecule has 0 bridgehead atoms. The molecular formula is C28H21I2N11O2. The highest BCUT2D eigenvalue weighted by atomic mass is 127. The van der Waals surface area contributed by atoms with E-state index < -0.39 is 4.92 Å². The molecule has 4 aromatic carbocycles. The quantitative estimate of drug-likeness (QED) is 0.0968. The molecule has 0 aliphatic heterocycles. The molecule has 0 radical (unpaired) electrons. The van der Waals surface area contributed by atoms with E-state index in [2.05, 4.69) is 104 Å². The number of aromatic amines is 2. The third-order valence-corrected chi connectivity index (χ3v) is 8.04. The fourth-order valence-electron chi connectivity index (χ4n) is 4.80. The molecule has 0 saturated heterocycles. The van der Waals surface area contributed by atoms with E-state index in [-0.39, 0.29) is 11.5 Å². The van der Waals surface area contributed by atoms with Gasteiger partial charge < -0.3 is 0 Å². The zero-order chi connectivity index (χ0) is 30.1. The molecule has 0 saturated carbocycles. The Labute approximate surface area is 272 Å². The van der Waals surface area contributed by atoms with Crippen LogP contribution in [0.25, 0.3) is 22.8 Å². The van der Waals surface area contributed by atoms with Crippen molar-refractivity contribution in [1.29, 1.82) is 0 Å². The monoisotopic (exact) mass is 797 g/mol. The molecule has 2 N–H and O–H groups in total. The molecule has 0 fully saturated rings. The lowest BCUT2D eigenvalue weighted by Gasteiger charge is -2.41. The van der Waals surface area contributed by atoms with Crippen molar-refractivity contribution in [3.8, 4) is 22.8 Å². The lowest BCUT2D eigenvalue weighted by atomic mass is 10.1. The Morgan fingerprint density at radius 3 is 1.70 bits per heavy atom. The molecule has 6 rings (SSSR count). The normalized spacial score (nSPS) is 11.0. The summed E-state index contributed by atoms with van der Waals surface area (Å²) in [5.41, 5.74) is 5.97. The van der Waals surface area contributed by atoms with Crippen LogP contribution in [0.1, 0.15) is 11.1 Å². The van der Waals surface area contributed by atoms with E-state index in [1.165, 1.54) is 12.1 Å². The average Bonchev–Trinajstić information content (AvgIpc) is 3.72. The molecule has 0 unspecified atom stereocenters. The Hall–Kier alpha value is -4.52. The van der Waals surface area contributed by atoms with Gasteiger partial charge in [0, 0.05) is 24.8 Å². The number of hydrogen-bond donors (Lipinski definition) is 2. The molecule has 0 spiro atoms. The fourth-order valence-corrected chi connectivity index (χ4v) is 6.10. The predicted octanol–water partition coefficient (Wildman–Crippen LogP) is 6.67. The molecule has 6 aromatic rings. The number of nitrogens with zero attached hydrogens (tertiary/aromatic N) is 9. The molecule has 15 heteroatoms. The molecule has 2 heterocycles. The van der Waals surface area contributed by atoms with Gasteiger partial charge in [0.15, 0.2) is 0 Å². The van der Waals surface area contributed by atoms with Crippen LogP contribution in [-0.4, -0.2) is 46.2 Å². The van der Waals surface area contributed by atoms with E-state index >= 15 is 0 Å². The maximum Gasteiger partial charge on any atom is 0.270 e. The molecule has 13 nitrogen and oxygen atoms in total. The number of non-ortho nitro benzene ring substituents is 1. The molecule has 0 amide bonds. The van der Waals surface area contributed by atoms with Gasteiger partial charge in [-0.25, -0.2) is 10.0 Å². The van der Waals surface area contributed by atoms with Gasteiger partial charge in [-0.05, 0) is 135 Å². The van der Waals surface area contributed by atoms with Crippen LogP contribution in [0.5, 0.6) is 0 Å². The molecule has 0 aliphatic rings. The number of anilines is 4. The Balaban J connectivity index is 1.73. The second kappa shape index (κ2) is 12.0. The highest BCUT2D eigenvalue weighted by Gasteiger charge is 2.30. The molecule has 43 heavy (non-hydrogen) atoms. The third kappa shape index (κ3) is 5.64. The number of hydrazine groups is 1. The van der Waals surface area contributed by atoms with Crippen LogP contribution in [0.15, 0.2) is 78.9 Å². The van der Waals surface area contributed by atoms with Gasteiger partial charge in [-0.15, -0.1) is 20.4 Å². The summed E-state index contributed by atoms with van der Waals surface area (Å²) in [5, 5.41) is 45.5. The van der Waals surface area contributed by atoms with Crippen molar-refractivity contribution in [1.82, 2.24) is 41.2 Å². The highest BCUT2D eigenvalue weighted by Crippen LogP contribution is 2.45. The number of aryl methyl sites for hydroxylation is 2. The molecule has 0 atom stereocenters. The Morgan fingerprint density at radius 1 is 0.674 bits per heavy atom. The number of rotatable bonds is 8. The largest absolute Gasteiger partial charge is 0.270 e. The summed E-state index contributed by atoms with van der Waals surface area (Å²) < 4.78 is 2.13. The number of tetrazole rings is 2. The fraction of sp³-hybridized carbons (Fsp3) is 0.0714. The zero-order valence-corrected chi connectivity index (χ0v) is 26.9. The van der Waals surface area contributed by atoms with Gasteiger partial charge in [0.2, 0.25) is 11.6 Å². The lowest BCUT2D eigenvalue weighted by Crippen LogP contribution is -2.37. The van der Waals surface area contributed by atoms with Crippen molar-refractivity contribution in [2.45, 2.75) is 13.8 Å². The average molecular weight is 797 g/mol. The van der Waals surface area contributed by atoms with Crippen LogP contribution in [0.4, 0.5) is 28.4 Å². The van der Waals surface area contributed by atoms with Crippen LogP contribution >= 0.6 is 45.2 Å². The highest BCUT2D eigenvalue weighted by molar-refractivity contribution is 14.1. The number of benzene rings is 4. The smallest absolute Gasteiger partial charge is 0.258 e. The maximum absolute atomic E-state index is 11.9. The lowest BCUT2D eigenvalue weighted by molar-refractivity contribution is -0.384. The predicted molar refractivity (Wildman–Crippen MR) is 178 cm³/mol. The van der Waals surface area contributed by atoms with Gasteiger partial charge in [0.05, 0.1) is 33.2 Å². The summed E-state index contributed by atoms with van der Waals surface area (Å²) in [4.78, 5) is 11.4. The number of nitro benzene ring substituents is 1. The summed E-state index contributed by atoms with van der Waals surface area (Å²) in [5.74, 6) is 0.614. The van der Waals surface area contributed by atoms with Crippen molar-refractivity contribution < 1.29 is 4.92 Å². The minimum absolute atomic E-state index is 0.105. The van der Waals surface area contributed by atoms with Gasteiger partial charge in [-0.3, -0.25) is 10.1 Å². The Kier molecular flexibility index (Phi) is 7.98. The van der Waals surface area contributed by atoms with Gasteiger partial charge in [0.1, 0.15) is 0 Å². The van der Waals surface area contributed by atoms with E-state index in [9.17, 15) is 10.1 Å². The van der Waals surface area contributed by atoms with Crippen LogP contribution in [-0.2, 0) is 0 Å². The van der Waals surface area contributed by atoms with E-state index in [0.29, 0.717) is 22.6 Å². The second-order valence-corrected chi connectivity index (χ2v) is 11.9. The number of para-hydroxylation sites is 1. The first-order valence-corrected chi connectivity index (χ1v) is 14.9. The zero-order valence-electron chi connectivity index (χ0n) is 22.6. The number of aromatic nitrogens is 8. The van der Waals surface area contributed by atoms with Gasteiger partial charge in [-0.1, -0.05) is 12.1 Å². The van der Waals surface area contributed by atoms with Gasteiger partial charge >= 0.3 is 0 Å². The first-order chi connectivity index (χ1) is 20.8. The van der Waals surface area contributed by atoms with Crippen LogP contribution < -0.4 is 10.0 Å². The van der Waals surface area contributed by atoms with E-state index in [0.717, 1.165) is 35.3 Å². The van der Waals surface area contributed by atoms with Gasteiger partial charge in [0.25, 0.3) is 5.69 Å². The topological polar surface area (TPSA) is 159 Å². The van der Waals surface area contributed by atoms with Crippen molar-refractivity contribution in [2.75, 3.05) is 10.0 Å². The number of hydrogen-bond acceptors (Lipinski definition) is 10. The van der Waals surface area contributed by atoms with Crippen LogP contribution in [0, 0.1) is 31.1 Å². The minimum Gasteiger partial charge on any atom is -0.258 e.